The highest BCUT2D eigenvalue weighted by Gasteiger charge is 2.34. The number of imide groups is 1. The third-order valence-electron chi connectivity index (χ3n) is 4.55. The van der Waals surface area contributed by atoms with Crippen LogP contribution in [0.2, 0.25) is 5.02 Å². The summed E-state index contributed by atoms with van der Waals surface area (Å²) in [6.45, 7) is 0.202. The van der Waals surface area contributed by atoms with Crippen molar-refractivity contribution in [2.75, 3.05) is 11.9 Å². The lowest BCUT2D eigenvalue weighted by Gasteiger charge is -2.13. The molecule has 1 N–H and O–H groups in total. The average molecular weight is 426 g/mol. The van der Waals surface area contributed by atoms with Crippen LogP contribution in [0, 0.1) is 0 Å². The van der Waals surface area contributed by atoms with Gasteiger partial charge in [-0.05, 0) is 30.7 Å². The van der Waals surface area contributed by atoms with Gasteiger partial charge in [0.15, 0.2) is 5.13 Å². The Bertz CT molecular complexity index is 1060. The molecule has 1 aliphatic heterocycles. The first kappa shape index (κ1) is 19.3. The number of carbonyl (C=O) groups excluding carboxylic acids is 3. The number of hydrogen-bond donors (Lipinski definition) is 1. The number of amides is 3. The molecule has 3 amide bonds. The monoisotopic (exact) mass is 425 g/mol. The van der Waals surface area contributed by atoms with Gasteiger partial charge in [-0.2, -0.15) is 0 Å². The summed E-state index contributed by atoms with van der Waals surface area (Å²) in [5, 5.41) is 5.77. The van der Waals surface area contributed by atoms with Gasteiger partial charge in [-0.25, -0.2) is 4.98 Å². The number of fused-ring (bicyclic) bond motifs is 1. The van der Waals surface area contributed by atoms with Gasteiger partial charge in [0.05, 0.1) is 16.8 Å². The molecule has 29 heavy (non-hydrogen) atoms. The van der Waals surface area contributed by atoms with Gasteiger partial charge in [0, 0.05) is 28.9 Å². The highest BCUT2D eigenvalue weighted by atomic mass is 35.5. The van der Waals surface area contributed by atoms with E-state index >= 15 is 0 Å². The number of hydrogen-bond acceptors (Lipinski definition) is 5. The lowest BCUT2D eigenvalue weighted by Crippen LogP contribution is -2.31. The summed E-state index contributed by atoms with van der Waals surface area (Å²) in [6, 6.07) is 14.0. The molecule has 146 valence electrons. The summed E-state index contributed by atoms with van der Waals surface area (Å²) in [5.74, 6) is -0.823. The Kier molecular flexibility index (Phi) is 5.42. The van der Waals surface area contributed by atoms with Crippen LogP contribution in [0.5, 0.6) is 0 Å². The van der Waals surface area contributed by atoms with Gasteiger partial charge >= 0.3 is 0 Å². The predicted octanol–water partition coefficient (Wildman–Crippen LogP) is 4.48. The van der Waals surface area contributed by atoms with E-state index in [0.29, 0.717) is 27.7 Å². The molecule has 0 atom stereocenters. The zero-order valence-electron chi connectivity index (χ0n) is 15.2. The van der Waals surface area contributed by atoms with E-state index in [2.05, 4.69) is 10.3 Å². The van der Waals surface area contributed by atoms with E-state index in [0.717, 1.165) is 11.3 Å². The summed E-state index contributed by atoms with van der Waals surface area (Å²) < 4.78 is 0. The van der Waals surface area contributed by atoms with E-state index in [9.17, 15) is 14.4 Å². The Morgan fingerprint density at radius 3 is 2.34 bits per heavy atom. The second-order valence-electron chi connectivity index (χ2n) is 6.50. The Balaban J connectivity index is 1.30. The van der Waals surface area contributed by atoms with Gasteiger partial charge in [0.25, 0.3) is 11.8 Å². The predicted molar refractivity (Wildman–Crippen MR) is 112 cm³/mol. The highest BCUT2D eigenvalue weighted by Crippen LogP contribution is 2.26. The van der Waals surface area contributed by atoms with Crippen molar-refractivity contribution in [2.24, 2.45) is 0 Å². The van der Waals surface area contributed by atoms with Crippen LogP contribution in [0.15, 0.2) is 53.9 Å². The summed E-state index contributed by atoms with van der Waals surface area (Å²) in [6.07, 6.45) is 0.565. The SMILES string of the molecule is O=C(CCCN1C(=O)c2ccccc2C1=O)Nc1nc(-c2ccc(Cl)cc2)cs1. The van der Waals surface area contributed by atoms with Gasteiger partial charge in [-0.15, -0.1) is 11.3 Å². The van der Waals surface area contributed by atoms with E-state index < -0.39 is 0 Å². The van der Waals surface area contributed by atoms with Crippen molar-refractivity contribution in [3.63, 3.8) is 0 Å². The summed E-state index contributed by atoms with van der Waals surface area (Å²) in [4.78, 5) is 42.5. The maximum Gasteiger partial charge on any atom is 0.261 e. The molecule has 4 rings (SSSR count). The smallest absolute Gasteiger partial charge is 0.261 e. The molecular weight excluding hydrogens is 410 g/mol. The van der Waals surface area contributed by atoms with Crippen LogP contribution in [-0.4, -0.2) is 34.2 Å². The van der Waals surface area contributed by atoms with Crippen LogP contribution in [0.25, 0.3) is 11.3 Å². The minimum atomic E-state index is -0.307. The van der Waals surface area contributed by atoms with Crippen LogP contribution < -0.4 is 5.32 Å². The van der Waals surface area contributed by atoms with Gasteiger partial charge in [0.2, 0.25) is 5.91 Å². The van der Waals surface area contributed by atoms with Gasteiger partial charge < -0.3 is 5.32 Å². The van der Waals surface area contributed by atoms with E-state index in [-0.39, 0.29) is 30.7 Å². The summed E-state index contributed by atoms with van der Waals surface area (Å²) in [5.41, 5.74) is 2.50. The first-order valence-corrected chi connectivity index (χ1v) is 10.3. The van der Waals surface area contributed by atoms with E-state index in [4.69, 9.17) is 11.6 Å². The van der Waals surface area contributed by atoms with Crippen LogP contribution >= 0.6 is 22.9 Å². The third kappa shape index (κ3) is 4.06. The van der Waals surface area contributed by atoms with E-state index in [1.165, 1.54) is 16.2 Å². The molecule has 1 aliphatic rings. The minimum Gasteiger partial charge on any atom is -0.302 e. The molecule has 1 aromatic heterocycles. The number of halogens is 1. The Morgan fingerprint density at radius 1 is 1.03 bits per heavy atom. The molecule has 0 unspecified atom stereocenters. The number of aromatic nitrogens is 1. The van der Waals surface area contributed by atoms with Crippen molar-refractivity contribution in [2.45, 2.75) is 12.8 Å². The molecule has 0 saturated carbocycles. The number of nitrogens with zero attached hydrogens (tertiary/aromatic N) is 2. The molecule has 3 aromatic rings. The fourth-order valence-corrected chi connectivity index (χ4v) is 3.97. The van der Waals surface area contributed by atoms with Gasteiger partial charge in [0.1, 0.15) is 0 Å². The van der Waals surface area contributed by atoms with Gasteiger partial charge in [-0.1, -0.05) is 35.9 Å². The van der Waals surface area contributed by atoms with E-state index in [1.54, 1.807) is 36.4 Å². The standard InChI is InChI=1S/C21H16ClN3O3S/c22-14-9-7-13(8-10-14)17-12-29-21(23-17)24-18(26)6-3-11-25-19(27)15-4-1-2-5-16(15)20(25)28/h1-2,4-5,7-10,12H,3,6,11H2,(H,23,24,26). The number of benzene rings is 2. The maximum absolute atomic E-state index is 12.3. The molecule has 0 spiro atoms. The average Bonchev–Trinajstić information content (AvgIpc) is 3.27. The summed E-state index contributed by atoms with van der Waals surface area (Å²) >= 11 is 7.23. The Labute approximate surface area is 176 Å². The molecule has 0 aliphatic carbocycles. The fourth-order valence-electron chi connectivity index (χ4n) is 3.11. The lowest BCUT2D eigenvalue weighted by molar-refractivity contribution is -0.116. The molecular formula is C21H16ClN3O3S. The normalized spacial score (nSPS) is 12.9. The zero-order valence-corrected chi connectivity index (χ0v) is 16.8. The molecule has 0 fully saturated rings. The third-order valence-corrected chi connectivity index (χ3v) is 5.56. The largest absolute Gasteiger partial charge is 0.302 e. The van der Waals surface area contributed by atoms with Crippen molar-refractivity contribution >= 4 is 45.8 Å². The second-order valence-corrected chi connectivity index (χ2v) is 7.80. The molecule has 2 heterocycles. The van der Waals surface area contributed by atoms with Crippen molar-refractivity contribution in [1.29, 1.82) is 0 Å². The van der Waals surface area contributed by atoms with Crippen molar-refractivity contribution in [3.8, 4) is 11.3 Å². The number of anilines is 1. The second kappa shape index (κ2) is 8.14. The number of nitrogens with one attached hydrogen (secondary N) is 1. The molecule has 0 radical (unpaired) electrons. The minimum absolute atomic E-state index is 0.184. The highest BCUT2D eigenvalue weighted by molar-refractivity contribution is 7.14. The first-order chi connectivity index (χ1) is 14.0. The number of carbonyl (C=O) groups is 3. The van der Waals surface area contributed by atoms with E-state index in [1.807, 2.05) is 17.5 Å². The summed E-state index contributed by atoms with van der Waals surface area (Å²) in [7, 11) is 0. The van der Waals surface area contributed by atoms with Crippen molar-refractivity contribution in [3.05, 3.63) is 70.1 Å². The molecule has 0 saturated heterocycles. The van der Waals surface area contributed by atoms with Crippen molar-refractivity contribution in [1.82, 2.24) is 9.88 Å². The maximum atomic E-state index is 12.3. The first-order valence-electron chi connectivity index (χ1n) is 8.99. The van der Waals surface area contributed by atoms with Crippen LogP contribution in [-0.2, 0) is 4.79 Å². The fraction of sp³-hybridized carbons (Fsp3) is 0.143. The Hall–Kier alpha value is -3.03. The molecule has 6 nitrogen and oxygen atoms in total. The quantitative estimate of drug-likeness (QED) is 0.590. The molecule has 2 aromatic carbocycles. The molecule has 0 bridgehead atoms. The molecule has 8 heteroatoms. The van der Waals surface area contributed by atoms with Crippen molar-refractivity contribution < 1.29 is 14.4 Å². The van der Waals surface area contributed by atoms with Gasteiger partial charge in [-0.3, -0.25) is 19.3 Å². The lowest BCUT2D eigenvalue weighted by atomic mass is 10.1. The topological polar surface area (TPSA) is 79.4 Å². The van der Waals surface area contributed by atoms with Crippen LogP contribution in [0.1, 0.15) is 33.6 Å². The number of rotatable bonds is 6. The van der Waals surface area contributed by atoms with Crippen LogP contribution in [0.3, 0.4) is 0 Å². The zero-order chi connectivity index (χ0) is 20.4. The van der Waals surface area contributed by atoms with Crippen LogP contribution in [0.4, 0.5) is 5.13 Å². The Morgan fingerprint density at radius 2 is 1.69 bits per heavy atom. The number of thiazole rings is 1.